The van der Waals surface area contributed by atoms with E-state index in [0.29, 0.717) is 11.7 Å². The molecule has 5 nitrogen and oxygen atoms in total. The van der Waals surface area contributed by atoms with Gasteiger partial charge in [-0.1, -0.05) is 74.4 Å². The summed E-state index contributed by atoms with van der Waals surface area (Å²) in [5.74, 6) is 1.15. The fourth-order valence-electron chi connectivity index (χ4n) is 3.69. The quantitative estimate of drug-likeness (QED) is 0.245. The zero-order chi connectivity index (χ0) is 20.6. The van der Waals surface area contributed by atoms with Gasteiger partial charge in [-0.3, -0.25) is 0 Å². The maximum absolute atomic E-state index is 8.42. The number of rotatable bonds is 9. The van der Waals surface area contributed by atoms with E-state index in [1.165, 1.54) is 16.3 Å². The second kappa shape index (κ2) is 9.97. The van der Waals surface area contributed by atoms with E-state index in [4.69, 9.17) is 10.3 Å². The van der Waals surface area contributed by atoms with Gasteiger partial charge in [0.2, 0.25) is 0 Å². The topological polar surface area (TPSA) is 70.0 Å². The molecule has 3 rings (SSSR count). The standard InChI is InChI=1S/C24H28N4O/c1-4-23(20-10-7-11-22(15-20)29-16-26-28-25)27-24(17(2)3)21-13-12-18-8-5-6-9-19(18)14-21/h5-15,17,23-24,27H,4,16H2,1-3H3/t23-,24+/m0/s1. The Hall–Kier alpha value is -3.01. The third-order valence-electron chi connectivity index (χ3n) is 5.20. The lowest BCUT2D eigenvalue weighted by atomic mass is 9.92. The maximum Gasteiger partial charge on any atom is 0.167 e. The van der Waals surface area contributed by atoms with E-state index in [1.807, 2.05) is 18.2 Å². The summed E-state index contributed by atoms with van der Waals surface area (Å²) in [5, 5.41) is 9.82. The predicted molar refractivity (Wildman–Crippen MR) is 119 cm³/mol. The highest BCUT2D eigenvalue weighted by atomic mass is 16.5. The molecule has 2 atom stereocenters. The molecular weight excluding hydrogens is 360 g/mol. The average molecular weight is 389 g/mol. The van der Waals surface area contributed by atoms with Crippen LogP contribution in [0.4, 0.5) is 0 Å². The summed E-state index contributed by atoms with van der Waals surface area (Å²) in [7, 11) is 0. The van der Waals surface area contributed by atoms with Gasteiger partial charge in [0.1, 0.15) is 5.75 Å². The first-order valence-electron chi connectivity index (χ1n) is 10.1. The van der Waals surface area contributed by atoms with Crippen molar-refractivity contribution in [3.05, 3.63) is 88.3 Å². The first kappa shape index (κ1) is 20.7. The molecule has 0 aliphatic heterocycles. The van der Waals surface area contributed by atoms with Crippen molar-refractivity contribution in [2.24, 2.45) is 11.0 Å². The molecule has 1 N–H and O–H groups in total. The number of hydrogen-bond donors (Lipinski definition) is 1. The van der Waals surface area contributed by atoms with Crippen LogP contribution in [-0.4, -0.2) is 6.73 Å². The molecule has 150 valence electrons. The molecule has 0 heterocycles. The molecular formula is C24H28N4O. The maximum atomic E-state index is 8.42. The van der Waals surface area contributed by atoms with Gasteiger partial charge in [0.25, 0.3) is 0 Å². The average Bonchev–Trinajstić information content (AvgIpc) is 2.74. The molecule has 0 unspecified atom stereocenters. The summed E-state index contributed by atoms with van der Waals surface area (Å²) in [6.07, 6.45) is 0.955. The van der Waals surface area contributed by atoms with Crippen molar-refractivity contribution < 1.29 is 4.74 Å². The van der Waals surface area contributed by atoms with Crippen LogP contribution in [0.3, 0.4) is 0 Å². The molecule has 0 spiro atoms. The molecule has 3 aromatic rings. The van der Waals surface area contributed by atoms with Crippen LogP contribution < -0.4 is 10.1 Å². The van der Waals surface area contributed by atoms with Crippen LogP contribution in [0.5, 0.6) is 5.75 Å². The summed E-state index contributed by atoms with van der Waals surface area (Å²) in [6.45, 7) is 6.68. The molecule has 0 aliphatic rings. The summed E-state index contributed by atoms with van der Waals surface area (Å²) < 4.78 is 5.52. The van der Waals surface area contributed by atoms with Crippen LogP contribution in [0.1, 0.15) is 50.4 Å². The lowest BCUT2D eigenvalue weighted by Gasteiger charge is -2.29. The van der Waals surface area contributed by atoms with Gasteiger partial charge >= 0.3 is 0 Å². The van der Waals surface area contributed by atoms with Crippen LogP contribution in [0, 0.1) is 5.92 Å². The lowest BCUT2D eigenvalue weighted by Crippen LogP contribution is -2.29. The largest absolute Gasteiger partial charge is 0.488 e. The van der Waals surface area contributed by atoms with Crippen molar-refractivity contribution in [2.45, 2.75) is 39.3 Å². The van der Waals surface area contributed by atoms with Gasteiger partial charge in [-0.2, -0.15) is 0 Å². The van der Waals surface area contributed by atoms with Gasteiger partial charge in [0, 0.05) is 17.0 Å². The monoisotopic (exact) mass is 388 g/mol. The van der Waals surface area contributed by atoms with Crippen LogP contribution in [0.2, 0.25) is 0 Å². The number of azide groups is 1. The molecule has 3 aromatic carbocycles. The first-order valence-corrected chi connectivity index (χ1v) is 10.1. The Kier molecular flexibility index (Phi) is 7.12. The third-order valence-corrected chi connectivity index (χ3v) is 5.20. The molecule has 0 aromatic heterocycles. The number of fused-ring (bicyclic) bond motifs is 1. The van der Waals surface area contributed by atoms with Crippen molar-refractivity contribution in [1.82, 2.24) is 5.32 Å². The van der Waals surface area contributed by atoms with Gasteiger partial charge in [0.15, 0.2) is 6.73 Å². The normalized spacial score (nSPS) is 13.1. The van der Waals surface area contributed by atoms with E-state index in [2.05, 4.69) is 84.6 Å². The highest BCUT2D eigenvalue weighted by Gasteiger charge is 2.21. The Morgan fingerprint density at radius 2 is 1.76 bits per heavy atom. The minimum absolute atomic E-state index is 0.00409. The Bertz CT molecular complexity index is 995. The molecule has 0 aliphatic carbocycles. The fourth-order valence-corrected chi connectivity index (χ4v) is 3.69. The van der Waals surface area contributed by atoms with Gasteiger partial charge in [-0.15, -0.1) is 0 Å². The van der Waals surface area contributed by atoms with Crippen molar-refractivity contribution in [3.8, 4) is 5.75 Å². The number of nitrogens with one attached hydrogen (secondary N) is 1. The second-order valence-electron chi connectivity index (χ2n) is 7.53. The molecule has 0 radical (unpaired) electrons. The van der Waals surface area contributed by atoms with Crippen molar-refractivity contribution in [2.75, 3.05) is 6.73 Å². The van der Waals surface area contributed by atoms with Crippen LogP contribution in [0.25, 0.3) is 21.2 Å². The summed E-state index contributed by atoms with van der Waals surface area (Å²) in [4.78, 5) is 2.73. The highest BCUT2D eigenvalue weighted by Crippen LogP contribution is 2.30. The van der Waals surface area contributed by atoms with Gasteiger partial charge < -0.3 is 10.1 Å². The second-order valence-corrected chi connectivity index (χ2v) is 7.53. The van der Waals surface area contributed by atoms with Crippen molar-refractivity contribution >= 4 is 10.8 Å². The first-order chi connectivity index (χ1) is 14.1. The summed E-state index contributed by atoms with van der Waals surface area (Å²) in [6, 6.07) is 23.6. The van der Waals surface area contributed by atoms with E-state index < -0.39 is 0 Å². The number of benzene rings is 3. The molecule has 29 heavy (non-hydrogen) atoms. The van der Waals surface area contributed by atoms with Crippen LogP contribution >= 0.6 is 0 Å². The molecule has 0 fully saturated rings. The molecule has 5 heteroatoms. The SMILES string of the molecule is CC[C@H](N[C@@H](c1ccc2ccccc2c1)C(C)C)c1cccc(OCN=[N+]=[N-])c1. The lowest BCUT2D eigenvalue weighted by molar-refractivity contribution is 0.326. The van der Waals surface area contributed by atoms with E-state index in [9.17, 15) is 0 Å². The van der Waals surface area contributed by atoms with Crippen molar-refractivity contribution in [3.63, 3.8) is 0 Å². The Morgan fingerprint density at radius 3 is 2.48 bits per heavy atom. The van der Waals surface area contributed by atoms with Crippen molar-refractivity contribution in [1.29, 1.82) is 0 Å². The zero-order valence-corrected chi connectivity index (χ0v) is 17.2. The number of hydrogen-bond acceptors (Lipinski definition) is 3. The third kappa shape index (κ3) is 5.29. The Labute approximate surface area is 172 Å². The van der Waals surface area contributed by atoms with Gasteiger partial charge in [0.05, 0.1) is 0 Å². The fraction of sp³-hybridized carbons (Fsp3) is 0.333. The molecule has 0 saturated heterocycles. The molecule has 0 amide bonds. The summed E-state index contributed by atoms with van der Waals surface area (Å²) in [5.41, 5.74) is 10.9. The predicted octanol–water partition coefficient (Wildman–Crippen LogP) is 6.92. The van der Waals surface area contributed by atoms with Crippen LogP contribution in [-0.2, 0) is 0 Å². The Balaban J connectivity index is 1.84. The van der Waals surface area contributed by atoms with E-state index in [-0.39, 0.29) is 18.8 Å². The summed E-state index contributed by atoms with van der Waals surface area (Å²) >= 11 is 0. The van der Waals surface area contributed by atoms with Crippen LogP contribution in [0.15, 0.2) is 71.8 Å². The van der Waals surface area contributed by atoms with Gasteiger partial charge in [-0.05, 0) is 58.0 Å². The zero-order valence-electron chi connectivity index (χ0n) is 17.2. The smallest absolute Gasteiger partial charge is 0.167 e. The number of ether oxygens (including phenoxy) is 1. The van der Waals surface area contributed by atoms with E-state index in [0.717, 1.165) is 12.0 Å². The Morgan fingerprint density at radius 1 is 0.966 bits per heavy atom. The molecule has 0 saturated carbocycles. The van der Waals surface area contributed by atoms with Gasteiger partial charge in [-0.25, -0.2) is 0 Å². The van der Waals surface area contributed by atoms with E-state index in [1.54, 1.807) is 0 Å². The highest BCUT2D eigenvalue weighted by molar-refractivity contribution is 5.83. The van der Waals surface area contributed by atoms with E-state index >= 15 is 0 Å². The minimum atomic E-state index is -0.00409. The number of nitrogens with zero attached hydrogens (tertiary/aromatic N) is 3. The molecule has 0 bridgehead atoms. The minimum Gasteiger partial charge on any atom is -0.488 e.